The molecule has 0 aliphatic carbocycles. The summed E-state index contributed by atoms with van der Waals surface area (Å²) in [5, 5.41) is 29.4. The van der Waals surface area contributed by atoms with E-state index >= 15 is 0 Å². The molecule has 0 saturated carbocycles. The van der Waals surface area contributed by atoms with E-state index in [0.717, 1.165) is 24.3 Å². The molecule has 0 aliphatic heterocycles. The number of nitriles is 1. The minimum Gasteiger partial charge on any atom is -0.496 e. The van der Waals surface area contributed by atoms with Crippen molar-refractivity contribution in [2.75, 3.05) is 27.2 Å². The van der Waals surface area contributed by atoms with E-state index in [4.69, 9.17) is 9.47 Å². The van der Waals surface area contributed by atoms with Crippen LogP contribution in [0, 0.1) is 18.3 Å². The van der Waals surface area contributed by atoms with Crippen LogP contribution in [0.15, 0.2) is 36.4 Å². The van der Waals surface area contributed by atoms with Crippen LogP contribution in [0.5, 0.6) is 5.75 Å². The molecule has 7 heteroatoms. The van der Waals surface area contributed by atoms with Crippen molar-refractivity contribution in [3.05, 3.63) is 64.2 Å². The molecule has 0 saturated heterocycles. The molecule has 2 rings (SSSR count). The van der Waals surface area contributed by atoms with Crippen LogP contribution in [0.2, 0.25) is 0 Å². The smallest absolute Gasteiger partial charge is 0.331 e. The maximum absolute atomic E-state index is 13.2. The second-order valence-electron chi connectivity index (χ2n) is 9.23. The van der Waals surface area contributed by atoms with Crippen molar-refractivity contribution in [1.82, 2.24) is 4.90 Å². The number of aliphatic hydroxyl groups is 2. The molecule has 0 aromatic heterocycles. The van der Waals surface area contributed by atoms with Gasteiger partial charge in [-0.15, -0.1) is 0 Å². The van der Waals surface area contributed by atoms with Crippen molar-refractivity contribution in [3.8, 4) is 11.8 Å². The van der Waals surface area contributed by atoms with Crippen molar-refractivity contribution in [2.45, 2.75) is 64.8 Å². The lowest BCUT2D eigenvalue weighted by atomic mass is 9.77. The van der Waals surface area contributed by atoms with Crippen LogP contribution in [0.3, 0.4) is 0 Å². The summed E-state index contributed by atoms with van der Waals surface area (Å²) >= 11 is 0. The van der Waals surface area contributed by atoms with Gasteiger partial charge in [0.1, 0.15) is 5.75 Å². The second kappa shape index (κ2) is 13.2. The Hall–Kier alpha value is -2.92. The molecule has 0 spiro atoms. The molecule has 7 nitrogen and oxygen atoms in total. The molecule has 1 atom stereocenters. The summed E-state index contributed by atoms with van der Waals surface area (Å²) in [5.41, 5.74) is 2.37. The van der Waals surface area contributed by atoms with Gasteiger partial charge in [0.25, 0.3) is 0 Å². The van der Waals surface area contributed by atoms with Crippen LogP contribution in [0.1, 0.15) is 54.5 Å². The maximum Gasteiger partial charge on any atom is 0.331 e. The zero-order valence-corrected chi connectivity index (χ0v) is 21.5. The third-order valence-corrected chi connectivity index (χ3v) is 6.25. The number of hydrogen-bond donors (Lipinski definition) is 2. The number of carbonyl (C=O) groups is 1. The van der Waals surface area contributed by atoms with Gasteiger partial charge in [0.2, 0.25) is 0 Å². The fourth-order valence-corrected chi connectivity index (χ4v) is 4.18. The van der Waals surface area contributed by atoms with Gasteiger partial charge in [-0.3, -0.25) is 0 Å². The molecule has 35 heavy (non-hydrogen) atoms. The number of esters is 1. The highest BCUT2D eigenvalue weighted by molar-refractivity contribution is 5.87. The first kappa shape index (κ1) is 28.3. The molecule has 0 heterocycles. The van der Waals surface area contributed by atoms with E-state index in [0.29, 0.717) is 29.7 Å². The number of carbonyl (C=O) groups excluding carboxylic acids is 1. The fraction of sp³-hybridized carbons (Fsp3) is 0.500. The average Bonchev–Trinajstić information content (AvgIpc) is 2.84. The summed E-state index contributed by atoms with van der Waals surface area (Å²) in [4.78, 5) is 15.3. The zero-order valence-electron chi connectivity index (χ0n) is 21.5. The number of benzene rings is 2. The monoisotopic (exact) mass is 482 g/mol. The zero-order chi connectivity index (χ0) is 26.0. The number of ether oxygens (including phenoxy) is 2. The summed E-state index contributed by atoms with van der Waals surface area (Å²) in [7, 11) is 3.69. The highest BCUT2D eigenvalue weighted by Gasteiger charge is 2.42. The Morgan fingerprint density at radius 1 is 1.11 bits per heavy atom. The summed E-state index contributed by atoms with van der Waals surface area (Å²) in [6.07, 6.45) is 1.40. The molecular weight excluding hydrogens is 444 g/mol. The standard InChI is InChI=1S/C28H38N2O5/c1-20(2)35-27(33)28(19-29,25-9-8-23(17-31)24(16-25)18-32)12-6-13-30(4)14-11-22-7-10-26(34-5)21(3)15-22/h7-10,15-16,20,31-32H,6,11-14,17-18H2,1-5H3. The van der Waals surface area contributed by atoms with Gasteiger partial charge in [-0.2, -0.15) is 5.26 Å². The van der Waals surface area contributed by atoms with Gasteiger partial charge in [-0.05, 0) is 87.5 Å². The highest BCUT2D eigenvalue weighted by Crippen LogP contribution is 2.33. The Bertz CT molecular complexity index is 1030. The van der Waals surface area contributed by atoms with Crippen LogP contribution in [0.4, 0.5) is 0 Å². The largest absolute Gasteiger partial charge is 0.496 e. The minimum atomic E-state index is -1.49. The number of hydrogen-bond acceptors (Lipinski definition) is 7. The Morgan fingerprint density at radius 2 is 1.83 bits per heavy atom. The predicted molar refractivity (Wildman–Crippen MR) is 135 cm³/mol. The highest BCUT2D eigenvalue weighted by atomic mass is 16.5. The quantitative estimate of drug-likeness (QED) is 0.420. The first-order valence-electron chi connectivity index (χ1n) is 12.0. The third kappa shape index (κ3) is 7.28. The second-order valence-corrected chi connectivity index (χ2v) is 9.23. The Kier molecular flexibility index (Phi) is 10.7. The van der Waals surface area contributed by atoms with E-state index < -0.39 is 11.4 Å². The van der Waals surface area contributed by atoms with E-state index in [2.05, 4.69) is 23.1 Å². The molecule has 0 radical (unpaired) electrons. The predicted octanol–water partition coefficient (Wildman–Crippen LogP) is 3.66. The molecule has 2 aromatic carbocycles. The number of aryl methyl sites for hydroxylation is 1. The summed E-state index contributed by atoms with van der Waals surface area (Å²) in [5.74, 6) is 0.284. The minimum absolute atomic E-state index is 0.231. The van der Waals surface area contributed by atoms with Crippen molar-refractivity contribution >= 4 is 5.97 Å². The average molecular weight is 483 g/mol. The maximum atomic E-state index is 13.2. The molecule has 0 bridgehead atoms. The van der Waals surface area contributed by atoms with Crippen molar-refractivity contribution in [2.24, 2.45) is 0 Å². The molecular formula is C28H38N2O5. The first-order valence-corrected chi connectivity index (χ1v) is 12.0. The van der Waals surface area contributed by atoms with E-state index in [-0.39, 0.29) is 25.7 Å². The lowest BCUT2D eigenvalue weighted by molar-refractivity contribution is -0.152. The van der Waals surface area contributed by atoms with E-state index in [1.807, 2.05) is 20.0 Å². The number of nitrogens with zero attached hydrogens (tertiary/aromatic N) is 2. The van der Waals surface area contributed by atoms with Crippen LogP contribution in [0.25, 0.3) is 0 Å². The van der Waals surface area contributed by atoms with Gasteiger partial charge >= 0.3 is 5.97 Å². The summed E-state index contributed by atoms with van der Waals surface area (Å²) < 4.78 is 10.8. The van der Waals surface area contributed by atoms with Gasteiger partial charge in [0.05, 0.1) is 32.5 Å². The molecule has 0 aliphatic rings. The number of likely N-dealkylation sites (N-methyl/N-ethyl adjacent to an activating group) is 1. The molecule has 0 amide bonds. The normalized spacial score (nSPS) is 12.9. The van der Waals surface area contributed by atoms with E-state index in [1.54, 1.807) is 39.2 Å². The third-order valence-electron chi connectivity index (χ3n) is 6.25. The van der Waals surface area contributed by atoms with Crippen molar-refractivity contribution < 1.29 is 24.5 Å². The number of rotatable bonds is 13. The lowest BCUT2D eigenvalue weighted by Crippen LogP contribution is -2.38. The molecule has 190 valence electrons. The topological polar surface area (TPSA) is 103 Å². The van der Waals surface area contributed by atoms with Gasteiger partial charge in [-0.25, -0.2) is 4.79 Å². The Labute approximate surface area is 208 Å². The number of aliphatic hydroxyl groups excluding tert-OH is 2. The van der Waals surface area contributed by atoms with Crippen LogP contribution in [-0.4, -0.2) is 54.4 Å². The summed E-state index contributed by atoms with van der Waals surface area (Å²) in [6.45, 7) is 6.55. The fourth-order valence-electron chi connectivity index (χ4n) is 4.18. The van der Waals surface area contributed by atoms with Crippen LogP contribution < -0.4 is 4.74 Å². The van der Waals surface area contributed by atoms with E-state index in [9.17, 15) is 20.3 Å². The van der Waals surface area contributed by atoms with Crippen LogP contribution >= 0.6 is 0 Å². The van der Waals surface area contributed by atoms with Gasteiger partial charge in [0, 0.05) is 6.54 Å². The SMILES string of the molecule is COc1ccc(CCN(C)CCCC(C#N)(C(=O)OC(C)C)c2ccc(CO)c(CO)c2)cc1C. The first-order chi connectivity index (χ1) is 16.7. The van der Waals surface area contributed by atoms with Crippen molar-refractivity contribution in [3.63, 3.8) is 0 Å². The molecule has 1 unspecified atom stereocenters. The molecule has 2 N–H and O–H groups in total. The molecule has 0 fully saturated rings. The van der Waals surface area contributed by atoms with E-state index in [1.165, 1.54) is 5.56 Å². The van der Waals surface area contributed by atoms with Gasteiger partial charge in [0.15, 0.2) is 5.41 Å². The Morgan fingerprint density at radius 3 is 2.40 bits per heavy atom. The Balaban J connectivity index is 2.13. The summed E-state index contributed by atoms with van der Waals surface area (Å²) in [6, 6.07) is 13.4. The lowest BCUT2D eigenvalue weighted by Gasteiger charge is -2.28. The molecule has 2 aromatic rings. The van der Waals surface area contributed by atoms with Gasteiger partial charge in [-0.1, -0.05) is 30.3 Å². The number of methoxy groups -OCH3 is 1. The van der Waals surface area contributed by atoms with Crippen LogP contribution in [-0.2, 0) is 34.6 Å². The van der Waals surface area contributed by atoms with Gasteiger partial charge < -0.3 is 24.6 Å². The van der Waals surface area contributed by atoms with Crippen molar-refractivity contribution in [1.29, 1.82) is 5.26 Å².